The van der Waals surface area contributed by atoms with E-state index < -0.39 is 0 Å². The van der Waals surface area contributed by atoms with Gasteiger partial charge in [0.25, 0.3) is 0 Å². The molecule has 1 aliphatic carbocycles. The monoisotopic (exact) mass is 289 g/mol. The molecule has 0 bridgehead atoms. The zero-order valence-electron chi connectivity index (χ0n) is 12.1. The Balaban J connectivity index is 1.60. The number of methoxy groups -OCH3 is 1. The number of rotatable bonds is 2. The molecule has 21 heavy (non-hydrogen) atoms. The zero-order valence-corrected chi connectivity index (χ0v) is 12.1. The molecule has 112 valence electrons. The van der Waals surface area contributed by atoms with Crippen LogP contribution in [0.15, 0.2) is 18.5 Å². The van der Waals surface area contributed by atoms with Crippen LogP contribution in [0.5, 0.6) is 5.88 Å². The van der Waals surface area contributed by atoms with E-state index in [2.05, 4.69) is 14.8 Å². The molecule has 3 heterocycles. The van der Waals surface area contributed by atoms with Crippen molar-refractivity contribution in [1.82, 2.24) is 14.8 Å². The summed E-state index contributed by atoms with van der Waals surface area (Å²) in [6.45, 7) is 1.44. The van der Waals surface area contributed by atoms with E-state index in [1.54, 1.807) is 13.3 Å². The maximum Gasteiger partial charge on any atom is 0.224 e. The van der Waals surface area contributed by atoms with E-state index in [0.717, 1.165) is 49.8 Å². The van der Waals surface area contributed by atoms with E-state index in [0.29, 0.717) is 11.9 Å². The van der Waals surface area contributed by atoms with Crippen LogP contribution in [0.2, 0.25) is 0 Å². The summed E-state index contributed by atoms with van der Waals surface area (Å²) in [6, 6.07) is 2.38. The first-order chi connectivity index (χ1) is 10.3. The fourth-order valence-electron chi connectivity index (χ4n) is 3.47. The number of nitrogens with zero attached hydrogens (tertiary/aromatic N) is 3. The standard InChI is InChI=1S/C15H19N3O3/c1-19-14-12-10-17-18(13(12)4-7-16-14)11-2-5-15(6-3-11)20-8-9-21-15/h4,7,10-11H,2-3,5-6,8-9H2,1H3. The summed E-state index contributed by atoms with van der Waals surface area (Å²) in [6.07, 6.45) is 7.51. The number of hydrogen-bond acceptors (Lipinski definition) is 5. The Hall–Kier alpha value is -1.66. The van der Waals surface area contributed by atoms with Gasteiger partial charge in [0, 0.05) is 19.0 Å². The molecular formula is C15H19N3O3. The zero-order chi connectivity index (χ0) is 14.3. The molecule has 0 atom stereocenters. The molecule has 4 rings (SSSR count). The van der Waals surface area contributed by atoms with Gasteiger partial charge in [0.05, 0.1) is 43.5 Å². The van der Waals surface area contributed by atoms with Gasteiger partial charge in [-0.3, -0.25) is 4.68 Å². The second-order valence-corrected chi connectivity index (χ2v) is 5.68. The van der Waals surface area contributed by atoms with Crippen LogP contribution in [0.4, 0.5) is 0 Å². The third kappa shape index (κ3) is 2.10. The highest BCUT2D eigenvalue weighted by atomic mass is 16.7. The summed E-state index contributed by atoms with van der Waals surface area (Å²) in [7, 11) is 1.64. The van der Waals surface area contributed by atoms with Crippen molar-refractivity contribution in [2.75, 3.05) is 20.3 Å². The number of fused-ring (bicyclic) bond motifs is 1. The maximum absolute atomic E-state index is 5.79. The molecule has 6 heteroatoms. The first-order valence-corrected chi connectivity index (χ1v) is 7.45. The number of pyridine rings is 1. The number of hydrogen-bond donors (Lipinski definition) is 0. The van der Waals surface area contributed by atoms with Crippen molar-refractivity contribution in [2.24, 2.45) is 0 Å². The second kappa shape index (κ2) is 4.96. The van der Waals surface area contributed by atoms with Gasteiger partial charge in [0.15, 0.2) is 5.79 Å². The molecule has 0 aromatic carbocycles. The highest BCUT2D eigenvalue weighted by Gasteiger charge is 2.41. The summed E-state index contributed by atoms with van der Waals surface area (Å²) in [5.74, 6) is 0.312. The topological polar surface area (TPSA) is 58.4 Å². The smallest absolute Gasteiger partial charge is 0.224 e. The highest BCUT2D eigenvalue weighted by Crippen LogP contribution is 2.41. The Bertz CT molecular complexity index is 639. The maximum atomic E-state index is 5.79. The van der Waals surface area contributed by atoms with Crippen LogP contribution in [0.25, 0.3) is 10.9 Å². The molecule has 1 saturated carbocycles. The van der Waals surface area contributed by atoms with Gasteiger partial charge in [-0.15, -0.1) is 0 Å². The first-order valence-electron chi connectivity index (χ1n) is 7.45. The molecule has 2 aromatic rings. The minimum atomic E-state index is -0.321. The highest BCUT2D eigenvalue weighted by molar-refractivity contribution is 5.83. The summed E-state index contributed by atoms with van der Waals surface area (Å²) in [4.78, 5) is 4.23. The minimum absolute atomic E-state index is 0.321. The van der Waals surface area contributed by atoms with E-state index in [1.165, 1.54) is 0 Å². The fraction of sp³-hybridized carbons (Fsp3) is 0.600. The number of ether oxygens (including phenoxy) is 3. The van der Waals surface area contributed by atoms with Crippen LogP contribution >= 0.6 is 0 Å². The van der Waals surface area contributed by atoms with Crippen molar-refractivity contribution >= 4 is 10.9 Å². The van der Waals surface area contributed by atoms with Gasteiger partial charge < -0.3 is 14.2 Å². The van der Waals surface area contributed by atoms with Crippen molar-refractivity contribution in [1.29, 1.82) is 0 Å². The van der Waals surface area contributed by atoms with Gasteiger partial charge in [0.2, 0.25) is 5.88 Å². The molecule has 2 fully saturated rings. The van der Waals surface area contributed by atoms with Crippen LogP contribution < -0.4 is 4.74 Å². The Kier molecular flexibility index (Phi) is 3.08. The van der Waals surface area contributed by atoms with Crippen LogP contribution in [0.1, 0.15) is 31.7 Å². The largest absolute Gasteiger partial charge is 0.480 e. The van der Waals surface area contributed by atoms with Crippen molar-refractivity contribution in [3.8, 4) is 5.88 Å². The van der Waals surface area contributed by atoms with E-state index in [9.17, 15) is 0 Å². The predicted molar refractivity (Wildman–Crippen MR) is 76.2 cm³/mol. The fourth-order valence-corrected chi connectivity index (χ4v) is 3.47. The Morgan fingerprint density at radius 3 is 2.76 bits per heavy atom. The van der Waals surface area contributed by atoms with Gasteiger partial charge in [-0.25, -0.2) is 4.98 Å². The van der Waals surface area contributed by atoms with E-state index in [4.69, 9.17) is 14.2 Å². The van der Waals surface area contributed by atoms with E-state index in [1.807, 2.05) is 12.3 Å². The lowest BCUT2D eigenvalue weighted by Crippen LogP contribution is -2.36. The molecule has 2 aromatic heterocycles. The van der Waals surface area contributed by atoms with Gasteiger partial charge in [-0.1, -0.05) is 0 Å². The van der Waals surface area contributed by atoms with Crippen LogP contribution in [0, 0.1) is 0 Å². The van der Waals surface area contributed by atoms with Gasteiger partial charge in [-0.2, -0.15) is 5.10 Å². The molecule has 0 amide bonds. The lowest BCUT2D eigenvalue weighted by Gasteiger charge is -2.35. The summed E-state index contributed by atoms with van der Waals surface area (Å²) in [5.41, 5.74) is 1.08. The third-order valence-electron chi connectivity index (χ3n) is 4.56. The lowest BCUT2D eigenvalue weighted by molar-refractivity contribution is -0.181. The molecule has 6 nitrogen and oxygen atoms in total. The molecule has 0 N–H and O–H groups in total. The molecule has 0 radical (unpaired) electrons. The minimum Gasteiger partial charge on any atom is -0.480 e. The van der Waals surface area contributed by atoms with Gasteiger partial charge >= 0.3 is 0 Å². The van der Waals surface area contributed by atoms with E-state index >= 15 is 0 Å². The van der Waals surface area contributed by atoms with Crippen molar-refractivity contribution in [3.05, 3.63) is 18.5 Å². The van der Waals surface area contributed by atoms with Crippen molar-refractivity contribution in [3.63, 3.8) is 0 Å². The molecular weight excluding hydrogens is 270 g/mol. The van der Waals surface area contributed by atoms with Crippen LogP contribution in [0.3, 0.4) is 0 Å². The van der Waals surface area contributed by atoms with Crippen molar-refractivity contribution < 1.29 is 14.2 Å². The average Bonchev–Trinajstić information content (AvgIpc) is 3.15. The summed E-state index contributed by atoms with van der Waals surface area (Å²) in [5, 5.41) is 5.52. The number of aromatic nitrogens is 3. The van der Waals surface area contributed by atoms with Crippen LogP contribution in [-0.4, -0.2) is 40.9 Å². The first kappa shape index (κ1) is 13.0. The predicted octanol–water partition coefficient (Wildman–Crippen LogP) is 2.30. The summed E-state index contributed by atoms with van der Waals surface area (Å²) >= 11 is 0. The quantitative estimate of drug-likeness (QED) is 0.849. The molecule has 0 unspecified atom stereocenters. The van der Waals surface area contributed by atoms with E-state index in [-0.39, 0.29) is 5.79 Å². The van der Waals surface area contributed by atoms with Crippen molar-refractivity contribution in [2.45, 2.75) is 37.5 Å². The molecule has 2 aliphatic rings. The average molecular weight is 289 g/mol. The Morgan fingerprint density at radius 1 is 1.29 bits per heavy atom. The molecule has 1 aliphatic heterocycles. The lowest BCUT2D eigenvalue weighted by atomic mass is 9.90. The SMILES string of the molecule is COc1nccc2c1cnn2C1CCC2(CC1)OCCO2. The molecule has 1 spiro atoms. The van der Waals surface area contributed by atoms with Crippen LogP contribution in [-0.2, 0) is 9.47 Å². The summed E-state index contributed by atoms with van der Waals surface area (Å²) < 4.78 is 19.0. The molecule has 1 saturated heterocycles. The van der Waals surface area contributed by atoms with Gasteiger partial charge in [0.1, 0.15) is 0 Å². The third-order valence-corrected chi connectivity index (χ3v) is 4.56. The normalized spacial score (nSPS) is 22.1. The van der Waals surface area contributed by atoms with Gasteiger partial charge in [-0.05, 0) is 18.9 Å². The Labute approximate surface area is 123 Å². The second-order valence-electron chi connectivity index (χ2n) is 5.68. The Morgan fingerprint density at radius 2 is 2.05 bits per heavy atom.